The van der Waals surface area contributed by atoms with Crippen LogP contribution < -0.4 is 10.1 Å². The van der Waals surface area contributed by atoms with Gasteiger partial charge < -0.3 is 10.1 Å². The number of rotatable bonds is 8. The van der Waals surface area contributed by atoms with Crippen LogP contribution in [0, 0.1) is 17.2 Å². The Morgan fingerprint density at radius 1 is 1.28 bits per heavy atom. The average molecular weight is 343 g/mol. The minimum Gasteiger partial charge on any atom is -0.474 e. The average Bonchev–Trinajstić information content (AvgIpc) is 2.64. The third-order valence-corrected chi connectivity index (χ3v) is 4.82. The topological polar surface area (TPSA) is 75.0 Å². The molecule has 1 aliphatic rings. The van der Waals surface area contributed by atoms with E-state index in [0.717, 1.165) is 51.4 Å². The van der Waals surface area contributed by atoms with E-state index in [1.165, 1.54) is 6.20 Å². The van der Waals surface area contributed by atoms with Crippen molar-refractivity contribution in [1.82, 2.24) is 10.3 Å². The zero-order chi connectivity index (χ0) is 18.1. The Bertz CT molecular complexity index is 566. The predicted molar refractivity (Wildman–Crippen MR) is 97.1 cm³/mol. The summed E-state index contributed by atoms with van der Waals surface area (Å²) in [5, 5.41) is 12.0. The highest BCUT2D eigenvalue weighted by Crippen LogP contribution is 2.24. The van der Waals surface area contributed by atoms with Crippen molar-refractivity contribution in [3.63, 3.8) is 0 Å². The van der Waals surface area contributed by atoms with E-state index in [-0.39, 0.29) is 24.0 Å². The summed E-state index contributed by atoms with van der Waals surface area (Å²) in [7, 11) is 0. The first kappa shape index (κ1) is 19.2. The third kappa shape index (κ3) is 6.04. The van der Waals surface area contributed by atoms with Crippen molar-refractivity contribution in [1.29, 1.82) is 5.26 Å². The number of amides is 1. The molecule has 0 bridgehead atoms. The van der Waals surface area contributed by atoms with Crippen molar-refractivity contribution in [2.45, 2.75) is 77.4 Å². The van der Waals surface area contributed by atoms with Crippen molar-refractivity contribution in [3.8, 4) is 11.9 Å². The van der Waals surface area contributed by atoms with Crippen molar-refractivity contribution in [2.75, 3.05) is 0 Å². The van der Waals surface area contributed by atoms with Crippen molar-refractivity contribution >= 4 is 5.91 Å². The molecular weight excluding hydrogens is 314 g/mol. The van der Waals surface area contributed by atoms with Gasteiger partial charge in [0.1, 0.15) is 12.2 Å². The molecule has 0 saturated heterocycles. The molecule has 1 saturated carbocycles. The van der Waals surface area contributed by atoms with Gasteiger partial charge in [-0.25, -0.2) is 4.98 Å². The molecule has 1 aromatic rings. The van der Waals surface area contributed by atoms with E-state index in [4.69, 9.17) is 10.00 Å². The van der Waals surface area contributed by atoms with Gasteiger partial charge in [0.2, 0.25) is 11.8 Å². The van der Waals surface area contributed by atoms with E-state index in [9.17, 15) is 4.79 Å². The molecule has 1 fully saturated rings. The van der Waals surface area contributed by atoms with Gasteiger partial charge in [0, 0.05) is 24.2 Å². The summed E-state index contributed by atoms with van der Waals surface area (Å²) in [5.74, 6) is 0.950. The summed E-state index contributed by atoms with van der Waals surface area (Å²) in [4.78, 5) is 16.6. The number of carbonyl (C=O) groups is 1. The molecule has 1 heterocycles. The highest BCUT2D eigenvalue weighted by molar-refractivity contribution is 5.78. The van der Waals surface area contributed by atoms with Crippen LogP contribution in [-0.2, 0) is 4.79 Å². The lowest BCUT2D eigenvalue weighted by atomic mass is 9.91. The zero-order valence-corrected chi connectivity index (χ0v) is 15.3. The molecule has 136 valence electrons. The molecule has 2 rings (SSSR count). The molecule has 1 N–H and O–H groups in total. The molecule has 5 heteroatoms. The first-order valence-electron chi connectivity index (χ1n) is 9.49. The van der Waals surface area contributed by atoms with Gasteiger partial charge in [-0.3, -0.25) is 4.79 Å². The Morgan fingerprint density at radius 3 is 2.48 bits per heavy atom. The zero-order valence-electron chi connectivity index (χ0n) is 15.3. The van der Waals surface area contributed by atoms with E-state index in [0.29, 0.717) is 11.4 Å². The lowest BCUT2D eigenvalue weighted by molar-refractivity contribution is -0.126. The van der Waals surface area contributed by atoms with Gasteiger partial charge in [-0.15, -0.1) is 0 Å². The first-order valence-corrected chi connectivity index (χ1v) is 9.49. The van der Waals surface area contributed by atoms with Crippen LogP contribution in [0.2, 0.25) is 0 Å². The maximum Gasteiger partial charge on any atom is 0.223 e. The minimum absolute atomic E-state index is 0.135. The Kier molecular flexibility index (Phi) is 7.72. The van der Waals surface area contributed by atoms with Crippen LogP contribution in [0.4, 0.5) is 0 Å². The number of ether oxygens (including phenoxy) is 1. The van der Waals surface area contributed by atoms with Gasteiger partial charge in [0.15, 0.2) is 0 Å². The lowest BCUT2D eigenvalue weighted by Gasteiger charge is -2.30. The quantitative estimate of drug-likeness (QED) is 0.775. The first-order chi connectivity index (χ1) is 12.2. The number of nitrogens with one attached hydrogen (secondary N) is 1. The van der Waals surface area contributed by atoms with Crippen LogP contribution in [0.15, 0.2) is 18.3 Å². The highest BCUT2D eigenvalue weighted by atomic mass is 16.5. The maximum atomic E-state index is 12.4. The van der Waals surface area contributed by atoms with Gasteiger partial charge in [-0.05, 0) is 44.6 Å². The molecule has 1 aromatic heterocycles. The van der Waals surface area contributed by atoms with Gasteiger partial charge in [0.25, 0.3) is 0 Å². The van der Waals surface area contributed by atoms with Crippen LogP contribution in [0.25, 0.3) is 0 Å². The Labute approximate surface area is 150 Å². The second-order valence-electron chi connectivity index (χ2n) is 6.87. The largest absolute Gasteiger partial charge is 0.474 e. The van der Waals surface area contributed by atoms with Crippen LogP contribution in [0.3, 0.4) is 0 Å². The van der Waals surface area contributed by atoms with E-state index < -0.39 is 0 Å². The molecule has 25 heavy (non-hydrogen) atoms. The Balaban J connectivity index is 1.76. The van der Waals surface area contributed by atoms with Crippen LogP contribution in [0.1, 0.15) is 70.8 Å². The fourth-order valence-electron chi connectivity index (χ4n) is 3.43. The normalized spacial score (nSPS) is 20.1. The fraction of sp³-hybridized carbons (Fsp3) is 0.650. The fourth-order valence-corrected chi connectivity index (χ4v) is 3.43. The van der Waals surface area contributed by atoms with Gasteiger partial charge in [0.05, 0.1) is 5.56 Å². The second kappa shape index (κ2) is 10.0. The number of nitrogens with zero attached hydrogens (tertiary/aromatic N) is 2. The van der Waals surface area contributed by atoms with Crippen LogP contribution in [0.5, 0.6) is 5.88 Å². The number of carbonyl (C=O) groups excluding carboxylic acids is 1. The monoisotopic (exact) mass is 343 g/mol. The molecule has 1 amide bonds. The number of hydrogen-bond acceptors (Lipinski definition) is 4. The van der Waals surface area contributed by atoms with Crippen molar-refractivity contribution in [3.05, 3.63) is 23.9 Å². The van der Waals surface area contributed by atoms with Gasteiger partial charge >= 0.3 is 0 Å². The summed E-state index contributed by atoms with van der Waals surface area (Å²) in [6.07, 6.45) is 9.43. The highest BCUT2D eigenvalue weighted by Gasteiger charge is 2.26. The van der Waals surface area contributed by atoms with Crippen LogP contribution >= 0.6 is 0 Å². The Morgan fingerprint density at radius 2 is 1.96 bits per heavy atom. The molecular formula is C20H29N3O2. The summed E-state index contributed by atoms with van der Waals surface area (Å²) >= 11 is 0. The van der Waals surface area contributed by atoms with Gasteiger partial charge in [-0.2, -0.15) is 5.26 Å². The molecule has 0 aliphatic heterocycles. The molecule has 1 aliphatic carbocycles. The number of aromatic nitrogens is 1. The van der Waals surface area contributed by atoms with E-state index in [1.807, 2.05) is 0 Å². The second-order valence-corrected chi connectivity index (χ2v) is 6.87. The van der Waals surface area contributed by atoms with Crippen molar-refractivity contribution < 1.29 is 9.53 Å². The predicted octanol–water partition coefficient (Wildman–Crippen LogP) is 3.98. The molecule has 0 radical (unpaired) electrons. The lowest BCUT2D eigenvalue weighted by Crippen LogP contribution is -2.42. The number of pyridine rings is 1. The molecule has 0 unspecified atom stereocenters. The molecule has 0 spiro atoms. The number of nitriles is 1. The molecule has 0 aromatic carbocycles. The maximum absolute atomic E-state index is 12.4. The molecule has 0 atom stereocenters. The Hall–Kier alpha value is -2.09. The number of hydrogen-bond donors (Lipinski definition) is 1. The van der Waals surface area contributed by atoms with Crippen molar-refractivity contribution in [2.24, 2.45) is 5.92 Å². The van der Waals surface area contributed by atoms with E-state index in [2.05, 4.69) is 30.2 Å². The minimum atomic E-state index is 0.135. The van der Waals surface area contributed by atoms with Crippen LogP contribution in [-0.4, -0.2) is 23.0 Å². The SMILES string of the molecule is CCCC(CCC)C(=O)NC1CCC(Oc2ccc(C#N)cn2)CC1. The summed E-state index contributed by atoms with van der Waals surface area (Å²) in [5.41, 5.74) is 0.535. The third-order valence-electron chi connectivity index (χ3n) is 4.82. The van der Waals surface area contributed by atoms with E-state index >= 15 is 0 Å². The smallest absolute Gasteiger partial charge is 0.223 e. The standard InChI is InChI=1S/C20H29N3O2/c1-3-5-16(6-4-2)20(24)23-17-8-10-18(11-9-17)25-19-12-7-15(13-21)14-22-19/h7,12,14,16-18H,3-6,8-11H2,1-2H3,(H,23,24). The molecule has 5 nitrogen and oxygen atoms in total. The summed E-state index contributed by atoms with van der Waals surface area (Å²) < 4.78 is 5.90. The summed E-state index contributed by atoms with van der Waals surface area (Å²) in [6, 6.07) is 5.77. The van der Waals surface area contributed by atoms with Gasteiger partial charge in [-0.1, -0.05) is 26.7 Å². The van der Waals surface area contributed by atoms with E-state index in [1.54, 1.807) is 12.1 Å². The summed E-state index contributed by atoms with van der Waals surface area (Å²) in [6.45, 7) is 4.27.